The van der Waals surface area contributed by atoms with Gasteiger partial charge in [-0.15, -0.1) is 34.0 Å². The number of alkyl halides is 6. The Morgan fingerprint density at radius 3 is 1.74 bits per heavy atom. The molecule has 0 fully saturated rings. The monoisotopic (exact) mass is 842 g/mol. The minimum Gasteiger partial charge on any atom is -0.493 e. The maximum atomic E-state index is 16.9. The van der Waals surface area contributed by atoms with Crippen molar-refractivity contribution >= 4 is 56.1 Å². The molecule has 0 saturated carbocycles. The molecule has 0 bridgehead atoms. The molecule has 302 valence electrons. The fourth-order valence-electron chi connectivity index (χ4n) is 7.01. The van der Waals surface area contributed by atoms with Crippen LogP contribution in [0.3, 0.4) is 0 Å². The van der Waals surface area contributed by atoms with Crippen molar-refractivity contribution in [1.82, 2.24) is 0 Å². The van der Waals surface area contributed by atoms with Crippen LogP contribution in [0.1, 0.15) is 89.4 Å². The Balaban J connectivity index is 1.63. The molecule has 0 N–H and O–H groups in total. The van der Waals surface area contributed by atoms with E-state index < -0.39 is 34.5 Å². The molecule has 0 amide bonds. The molecule has 4 heterocycles. The summed E-state index contributed by atoms with van der Waals surface area (Å²) in [7, 11) is 2.70. The summed E-state index contributed by atoms with van der Waals surface area (Å²) < 4.78 is 117. The van der Waals surface area contributed by atoms with Crippen LogP contribution in [0.15, 0.2) is 70.5 Å². The first-order chi connectivity index (χ1) is 26.3. The van der Waals surface area contributed by atoms with Gasteiger partial charge in [0, 0.05) is 58.8 Å². The van der Waals surface area contributed by atoms with Gasteiger partial charge in [-0.3, -0.25) is 0 Å². The number of benzene rings is 2. The van der Waals surface area contributed by atoms with E-state index in [1.54, 1.807) is 24.3 Å². The first kappa shape index (κ1) is 41.2. The molecule has 1 aliphatic rings. The summed E-state index contributed by atoms with van der Waals surface area (Å²) in [5.41, 5.74) is -2.76. The molecule has 3 nitrogen and oxygen atoms in total. The number of rotatable bonds is 7. The molecule has 0 spiro atoms. The smallest absolute Gasteiger partial charge is 0.380 e. The van der Waals surface area contributed by atoms with Crippen LogP contribution >= 0.6 is 34.0 Å². The summed E-state index contributed by atoms with van der Waals surface area (Å²) in [6, 6.07) is 16.5. The normalized spacial score (nSPS) is 16.9. The van der Waals surface area contributed by atoms with E-state index in [4.69, 9.17) is 13.9 Å². The summed E-state index contributed by atoms with van der Waals surface area (Å²) in [5, 5.41) is 1.77. The standard InChI is InChI=1S/C45H44F6O3S3/c1-40(2,3)24-14-12-23(13-15-24)38-35(26-19-29(52-10)30(53-11)21-28(26)54-38)37-36(43(46,47)45(50,51)44(37,48)49)27-20-32(31-16-17-34(56-31)42(7,8)9)57-39(27)33-18-25(22-55-33)41(4,5)6/h12-22H,1-11H3. The highest BCUT2D eigenvalue weighted by molar-refractivity contribution is 7.26. The zero-order chi connectivity index (χ0) is 41.8. The maximum Gasteiger partial charge on any atom is 0.380 e. The van der Waals surface area contributed by atoms with Gasteiger partial charge in [-0.05, 0) is 63.1 Å². The Morgan fingerprint density at radius 2 is 1.19 bits per heavy atom. The van der Waals surface area contributed by atoms with Gasteiger partial charge in [0.1, 0.15) is 11.3 Å². The molecule has 0 radical (unpaired) electrons. The summed E-state index contributed by atoms with van der Waals surface area (Å²) in [5.74, 6) is -16.5. The van der Waals surface area contributed by atoms with E-state index in [9.17, 15) is 0 Å². The Bertz CT molecular complexity index is 2530. The minimum absolute atomic E-state index is 0.0358. The highest BCUT2D eigenvalue weighted by Crippen LogP contribution is 2.68. The molecule has 0 atom stereocenters. The van der Waals surface area contributed by atoms with Crippen LogP contribution in [0.25, 0.3) is 52.9 Å². The van der Waals surface area contributed by atoms with Gasteiger partial charge in [0.15, 0.2) is 11.5 Å². The number of allylic oxidation sites excluding steroid dienone is 2. The van der Waals surface area contributed by atoms with Crippen LogP contribution < -0.4 is 9.47 Å². The number of furan rings is 1. The SMILES string of the molecule is COc1cc2oc(-c3ccc(C(C)(C)C)cc3)c(C3=C(c4cc(-c5ccc(C(C)(C)C)s5)sc4-c4cc(C(C)(C)C)cs4)C(F)(F)C(F)(F)C3(F)F)c2cc1OC. The number of thiophene rings is 3. The Kier molecular flexibility index (Phi) is 9.77. The lowest BCUT2D eigenvalue weighted by Gasteiger charge is -2.26. The molecule has 0 unspecified atom stereocenters. The lowest BCUT2D eigenvalue weighted by Crippen LogP contribution is -2.48. The highest BCUT2D eigenvalue weighted by atomic mass is 32.1. The molecule has 7 rings (SSSR count). The lowest BCUT2D eigenvalue weighted by atomic mass is 9.86. The number of ether oxygens (including phenoxy) is 2. The second kappa shape index (κ2) is 13.5. The van der Waals surface area contributed by atoms with Crippen LogP contribution in [0, 0.1) is 0 Å². The second-order valence-corrected chi connectivity index (χ2v) is 20.6. The fraction of sp³-hybridized carbons (Fsp3) is 0.378. The third kappa shape index (κ3) is 6.63. The molecule has 4 aromatic heterocycles. The van der Waals surface area contributed by atoms with E-state index in [0.717, 1.165) is 27.3 Å². The fourth-order valence-corrected chi connectivity index (χ4v) is 10.6. The van der Waals surface area contributed by atoms with Gasteiger partial charge >= 0.3 is 17.8 Å². The van der Waals surface area contributed by atoms with Crippen molar-refractivity contribution in [3.63, 3.8) is 0 Å². The van der Waals surface area contributed by atoms with Gasteiger partial charge in [-0.2, -0.15) is 26.3 Å². The molecule has 0 aliphatic heterocycles. The van der Waals surface area contributed by atoms with Crippen molar-refractivity contribution in [2.75, 3.05) is 14.2 Å². The predicted molar refractivity (Wildman–Crippen MR) is 223 cm³/mol. The zero-order valence-corrected chi connectivity index (χ0v) is 36.0. The molecule has 2 aromatic carbocycles. The minimum atomic E-state index is -5.81. The first-order valence-corrected chi connectivity index (χ1v) is 20.9. The van der Waals surface area contributed by atoms with E-state index in [1.807, 2.05) is 85.9 Å². The summed E-state index contributed by atoms with van der Waals surface area (Å²) in [6.45, 7) is 18.1. The van der Waals surface area contributed by atoms with E-state index in [1.165, 1.54) is 55.1 Å². The highest BCUT2D eigenvalue weighted by Gasteiger charge is 2.81. The number of hydrogen-bond donors (Lipinski definition) is 0. The molecule has 6 aromatic rings. The summed E-state index contributed by atoms with van der Waals surface area (Å²) in [6.07, 6.45) is 0. The first-order valence-electron chi connectivity index (χ1n) is 18.4. The van der Waals surface area contributed by atoms with Crippen molar-refractivity contribution in [3.8, 4) is 42.3 Å². The summed E-state index contributed by atoms with van der Waals surface area (Å²) >= 11 is 3.82. The number of halogens is 6. The van der Waals surface area contributed by atoms with Crippen LogP contribution in [-0.4, -0.2) is 32.0 Å². The van der Waals surface area contributed by atoms with E-state index in [2.05, 4.69) is 0 Å². The van der Waals surface area contributed by atoms with Crippen LogP contribution in [-0.2, 0) is 16.2 Å². The Hall–Kier alpha value is -4.00. The second-order valence-electron chi connectivity index (χ2n) is 17.5. The Morgan fingerprint density at radius 1 is 0.596 bits per heavy atom. The average molecular weight is 843 g/mol. The molecule has 1 aliphatic carbocycles. The average Bonchev–Trinajstić information content (AvgIpc) is 3.94. The lowest BCUT2D eigenvalue weighted by molar-refractivity contribution is -0.254. The maximum absolute atomic E-state index is 16.9. The van der Waals surface area contributed by atoms with Gasteiger partial charge in [0.05, 0.1) is 19.1 Å². The topological polar surface area (TPSA) is 31.6 Å². The van der Waals surface area contributed by atoms with Gasteiger partial charge in [0.2, 0.25) is 0 Å². The molecule has 0 saturated heterocycles. The molecular weight excluding hydrogens is 799 g/mol. The Labute approximate surface area is 341 Å². The third-order valence-electron chi connectivity index (χ3n) is 10.4. The van der Waals surface area contributed by atoms with E-state index >= 15 is 26.3 Å². The number of fused-ring (bicyclic) bond motifs is 1. The van der Waals surface area contributed by atoms with Crippen LogP contribution in [0.4, 0.5) is 26.3 Å². The van der Waals surface area contributed by atoms with Crippen molar-refractivity contribution in [1.29, 1.82) is 0 Å². The quantitative estimate of drug-likeness (QED) is 0.150. The van der Waals surface area contributed by atoms with Crippen molar-refractivity contribution in [2.45, 2.75) is 96.3 Å². The van der Waals surface area contributed by atoms with E-state index in [-0.39, 0.29) is 60.5 Å². The van der Waals surface area contributed by atoms with Gasteiger partial charge in [0.25, 0.3) is 0 Å². The van der Waals surface area contributed by atoms with E-state index in [0.29, 0.717) is 14.6 Å². The molecule has 12 heteroatoms. The number of hydrogen-bond acceptors (Lipinski definition) is 6. The van der Waals surface area contributed by atoms with Gasteiger partial charge in [-0.25, -0.2) is 0 Å². The predicted octanol–water partition coefficient (Wildman–Crippen LogP) is 15.4. The third-order valence-corrected chi connectivity index (χ3v) is 14.4. The van der Waals surface area contributed by atoms with Crippen molar-refractivity contribution in [3.05, 3.63) is 93.2 Å². The number of methoxy groups -OCH3 is 2. The van der Waals surface area contributed by atoms with Crippen LogP contribution in [0.2, 0.25) is 0 Å². The van der Waals surface area contributed by atoms with Gasteiger partial charge in [-0.1, -0.05) is 86.6 Å². The largest absolute Gasteiger partial charge is 0.493 e. The molecule has 57 heavy (non-hydrogen) atoms. The zero-order valence-electron chi connectivity index (χ0n) is 33.6. The van der Waals surface area contributed by atoms with Crippen molar-refractivity contribution < 1.29 is 40.2 Å². The summed E-state index contributed by atoms with van der Waals surface area (Å²) in [4.78, 5) is 2.91. The van der Waals surface area contributed by atoms with Gasteiger partial charge < -0.3 is 13.9 Å². The molecular formula is C45H44F6O3S3. The van der Waals surface area contributed by atoms with Crippen molar-refractivity contribution in [2.24, 2.45) is 0 Å². The van der Waals surface area contributed by atoms with Crippen LogP contribution in [0.5, 0.6) is 11.5 Å².